The van der Waals surface area contributed by atoms with E-state index >= 15 is 0 Å². The van der Waals surface area contributed by atoms with Crippen LogP contribution in [-0.4, -0.2) is 40.4 Å². The second-order valence-corrected chi connectivity index (χ2v) is 7.84. The Labute approximate surface area is 176 Å². The molecule has 0 N–H and O–H groups in total. The van der Waals surface area contributed by atoms with Crippen molar-refractivity contribution in [2.24, 2.45) is 0 Å². The van der Waals surface area contributed by atoms with E-state index in [0.29, 0.717) is 24.3 Å². The quantitative estimate of drug-likeness (QED) is 0.454. The van der Waals surface area contributed by atoms with Crippen molar-refractivity contribution >= 4 is 33.6 Å². The Bertz CT molecular complexity index is 930. The fourth-order valence-corrected chi connectivity index (χ4v) is 3.56. The Balaban J connectivity index is 1.52. The lowest BCUT2D eigenvalue weighted by atomic mass is 10.2. The molecule has 6 nitrogen and oxygen atoms in total. The number of carbonyl (C=O) groups excluding carboxylic acids is 1. The molecule has 8 heteroatoms. The predicted octanol–water partition coefficient (Wildman–Crippen LogP) is 4.65. The fraction of sp³-hybridized carbons (Fsp3) is 0.250. The van der Waals surface area contributed by atoms with Crippen molar-refractivity contribution in [1.82, 2.24) is 15.1 Å². The highest BCUT2D eigenvalue weighted by Crippen LogP contribution is 2.25. The smallest absolute Gasteiger partial charge is 0.277 e. The molecule has 0 aliphatic heterocycles. The second kappa shape index (κ2) is 9.75. The van der Waals surface area contributed by atoms with Gasteiger partial charge in [-0.25, -0.2) is 0 Å². The molecule has 28 heavy (non-hydrogen) atoms. The van der Waals surface area contributed by atoms with Gasteiger partial charge in [0, 0.05) is 23.6 Å². The van der Waals surface area contributed by atoms with Crippen LogP contribution in [0, 0.1) is 0 Å². The Morgan fingerprint density at radius 2 is 2.00 bits per heavy atom. The molecule has 0 unspecified atom stereocenters. The molecule has 2 aromatic carbocycles. The van der Waals surface area contributed by atoms with Crippen molar-refractivity contribution in [3.63, 3.8) is 0 Å². The molecule has 0 aliphatic carbocycles. The third-order valence-electron chi connectivity index (χ3n) is 3.88. The summed E-state index contributed by atoms with van der Waals surface area (Å²) >= 11 is 4.65. The van der Waals surface area contributed by atoms with E-state index in [1.54, 1.807) is 11.9 Å². The Morgan fingerprint density at radius 1 is 1.21 bits per heavy atom. The largest absolute Gasteiger partial charge is 0.494 e. The molecular formula is C20H20BrN3O3S. The van der Waals surface area contributed by atoms with Gasteiger partial charge in [0.15, 0.2) is 0 Å². The number of carbonyl (C=O) groups is 1. The maximum Gasteiger partial charge on any atom is 0.277 e. The zero-order chi connectivity index (χ0) is 19.9. The molecule has 0 atom stereocenters. The average molecular weight is 462 g/mol. The molecular weight excluding hydrogens is 442 g/mol. The van der Waals surface area contributed by atoms with Gasteiger partial charge in [0.25, 0.3) is 5.22 Å². The van der Waals surface area contributed by atoms with Crippen LogP contribution in [0.4, 0.5) is 0 Å². The highest BCUT2D eigenvalue weighted by atomic mass is 79.9. The van der Waals surface area contributed by atoms with Gasteiger partial charge in [-0.15, -0.1) is 10.2 Å². The van der Waals surface area contributed by atoms with Gasteiger partial charge >= 0.3 is 0 Å². The molecule has 0 fully saturated rings. The molecule has 0 spiro atoms. The number of ether oxygens (including phenoxy) is 1. The molecule has 3 rings (SSSR count). The van der Waals surface area contributed by atoms with E-state index in [2.05, 4.69) is 26.1 Å². The van der Waals surface area contributed by atoms with Crippen LogP contribution in [0.5, 0.6) is 5.75 Å². The monoisotopic (exact) mass is 461 g/mol. The minimum absolute atomic E-state index is 0.0129. The van der Waals surface area contributed by atoms with Gasteiger partial charge in [-0.1, -0.05) is 45.9 Å². The standard InChI is InChI=1S/C20H20BrN3O3S/c1-3-26-17-9-7-14(8-10-17)12-24(2)18(25)13-28-20-23-22-19(27-20)15-5-4-6-16(21)11-15/h4-11H,3,12-13H2,1-2H3. The molecule has 1 amide bonds. The summed E-state index contributed by atoms with van der Waals surface area (Å²) in [6.07, 6.45) is 0. The van der Waals surface area contributed by atoms with Crippen molar-refractivity contribution in [2.75, 3.05) is 19.4 Å². The summed E-state index contributed by atoms with van der Waals surface area (Å²) in [7, 11) is 1.78. The summed E-state index contributed by atoms with van der Waals surface area (Å²) in [4.78, 5) is 14.1. The molecule has 0 radical (unpaired) electrons. The van der Waals surface area contributed by atoms with Gasteiger partial charge in [0.1, 0.15) is 5.75 Å². The lowest BCUT2D eigenvalue weighted by molar-refractivity contribution is -0.127. The number of nitrogens with zero attached hydrogens (tertiary/aromatic N) is 3. The van der Waals surface area contributed by atoms with Gasteiger partial charge < -0.3 is 14.1 Å². The van der Waals surface area contributed by atoms with Gasteiger partial charge in [0.05, 0.1) is 12.4 Å². The van der Waals surface area contributed by atoms with Crippen molar-refractivity contribution in [3.8, 4) is 17.2 Å². The van der Waals surface area contributed by atoms with E-state index in [1.165, 1.54) is 11.8 Å². The van der Waals surface area contributed by atoms with Crippen molar-refractivity contribution in [2.45, 2.75) is 18.7 Å². The summed E-state index contributed by atoms with van der Waals surface area (Å²) in [5.41, 5.74) is 1.87. The predicted molar refractivity (Wildman–Crippen MR) is 112 cm³/mol. The van der Waals surface area contributed by atoms with E-state index in [4.69, 9.17) is 9.15 Å². The van der Waals surface area contributed by atoms with Crippen molar-refractivity contribution < 1.29 is 13.9 Å². The van der Waals surface area contributed by atoms with E-state index in [1.807, 2.05) is 55.5 Å². The number of amides is 1. The van der Waals surface area contributed by atoms with Crippen LogP contribution in [0.1, 0.15) is 12.5 Å². The zero-order valence-corrected chi connectivity index (χ0v) is 18.0. The maximum atomic E-state index is 12.4. The molecule has 0 saturated carbocycles. The first-order valence-electron chi connectivity index (χ1n) is 8.73. The van der Waals surface area contributed by atoms with E-state index in [-0.39, 0.29) is 11.7 Å². The summed E-state index contributed by atoms with van der Waals surface area (Å²) in [6.45, 7) is 3.11. The van der Waals surface area contributed by atoms with E-state index < -0.39 is 0 Å². The second-order valence-electron chi connectivity index (χ2n) is 6.00. The lowest BCUT2D eigenvalue weighted by Crippen LogP contribution is -2.27. The summed E-state index contributed by atoms with van der Waals surface area (Å²) in [6, 6.07) is 15.4. The number of benzene rings is 2. The van der Waals surface area contributed by atoms with Crippen molar-refractivity contribution in [1.29, 1.82) is 0 Å². The van der Waals surface area contributed by atoms with Gasteiger partial charge in [-0.3, -0.25) is 4.79 Å². The molecule has 0 saturated heterocycles. The third-order valence-corrected chi connectivity index (χ3v) is 5.17. The number of hydrogen-bond donors (Lipinski definition) is 0. The van der Waals surface area contributed by atoms with Gasteiger partial charge in [-0.2, -0.15) is 0 Å². The van der Waals surface area contributed by atoms with Gasteiger partial charge in [0.2, 0.25) is 11.8 Å². The Hall–Kier alpha value is -2.32. The number of aromatic nitrogens is 2. The minimum atomic E-state index is -0.0129. The molecule has 0 bridgehead atoms. The fourth-order valence-electron chi connectivity index (χ4n) is 2.46. The molecule has 1 heterocycles. The van der Waals surface area contributed by atoms with Crippen LogP contribution in [-0.2, 0) is 11.3 Å². The molecule has 1 aromatic heterocycles. The molecule has 0 aliphatic rings. The van der Waals surface area contributed by atoms with E-state index in [9.17, 15) is 4.79 Å². The van der Waals surface area contributed by atoms with Crippen LogP contribution < -0.4 is 4.74 Å². The van der Waals surface area contributed by atoms with Gasteiger partial charge in [-0.05, 0) is 42.8 Å². The van der Waals surface area contributed by atoms with Crippen LogP contribution in [0.25, 0.3) is 11.5 Å². The summed E-state index contributed by atoms with van der Waals surface area (Å²) in [5, 5.41) is 8.43. The lowest BCUT2D eigenvalue weighted by Gasteiger charge is -2.17. The first-order chi connectivity index (χ1) is 13.5. The topological polar surface area (TPSA) is 68.5 Å². The number of halogens is 1. The Morgan fingerprint density at radius 3 is 2.71 bits per heavy atom. The summed E-state index contributed by atoms with van der Waals surface area (Å²) < 4.78 is 12.0. The van der Waals surface area contributed by atoms with Crippen LogP contribution >= 0.6 is 27.7 Å². The maximum absolute atomic E-state index is 12.4. The van der Waals surface area contributed by atoms with Crippen molar-refractivity contribution in [3.05, 3.63) is 58.6 Å². The normalized spacial score (nSPS) is 10.7. The van der Waals surface area contributed by atoms with Crippen LogP contribution in [0.3, 0.4) is 0 Å². The average Bonchev–Trinajstić information content (AvgIpc) is 3.17. The van der Waals surface area contributed by atoms with E-state index in [0.717, 1.165) is 21.3 Å². The first-order valence-corrected chi connectivity index (χ1v) is 10.5. The SMILES string of the molecule is CCOc1ccc(CN(C)C(=O)CSc2nnc(-c3cccc(Br)c3)o2)cc1. The number of hydrogen-bond acceptors (Lipinski definition) is 6. The third kappa shape index (κ3) is 5.59. The molecule has 3 aromatic rings. The number of thioether (sulfide) groups is 1. The van der Waals surface area contributed by atoms with Crippen LogP contribution in [0.15, 0.2) is 62.6 Å². The first kappa shape index (κ1) is 20.4. The van der Waals surface area contributed by atoms with Crippen LogP contribution in [0.2, 0.25) is 0 Å². The number of rotatable bonds is 8. The highest BCUT2D eigenvalue weighted by molar-refractivity contribution is 9.10. The minimum Gasteiger partial charge on any atom is -0.494 e. The Kier molecular flexibility index (Phi) is 7.11. The highest BCUT2D eigenvalue weighted by Gasteiger charge is 2.14. The molecule has 146 valence electrons. The zero-order valence-electron chi connectivity index (χ0n) is 15.6. The summed E-state index contributed by atoms with van der Waals surface area (Å²) in [5.74, 6) is 1.47.